The number of alkyl halides is 3. The summed E-state index contributed by atoms with van der Waals surface area (Å²) in [6.45, 7) is 0.143. The van der Waals surface area contributed by atoms with Gasteiger partial charge >= 0.3 is 12.1 Å². The van der Waals surface area contributed by atoms with Crippen molar-refractivity contribution in [2.24, 2.45) is 17.8 Å². The summed E-state index contributed by atoms with van der Waals surface area (Å²) in [4.78, 5) is 10.6. The van der Waals surface area contributed by atoms with Gasteiger partial charge < -0.3 is 5.32 Å². The number of nitrogens with one attached hydrogen (secondary N) is 1. The topological polar surface area (TPSA) is 29.1 Å². The van der Waals surface area contributed by atoms with Gasteiger partial charge in [0.1, 0.15) is 0 Å². The lowest BCUT2D eigenvalue weighted by atomic mass is 9.94. The Balaban J connectivity index is 1.80. The minimum absolute atomic E-state index is 0.143. The average Bonchev–Trinajstić information content (AvgIpc) is 2.73. The van der Waals surface area contributed by atoms with Crippen molar-refractivity contribution in [2.45, 2.75) is 19.0 Å². The summed E-state index contributed by atoms with van der Waals surface area (Å²) >= 11 is 0. The molecule has 0 aromatic heterocycles. The first kappa shape index (κ1) is 10.5. The van der Waals surface area contributed by atoms with Crippen LogP contribution in [0.5, 0.6) is 0 Å². The molecule has 0 saturated heterocycles. The fourth-order valence-electron chi connectivity index (χ4n) is 2.45. The third-order valence-corrected chi connectivity index (χ3v) is 3.20. The third-order valence-electron chi connectivity index (χ3n) is 3.20. The van der Waals surface area contributed by atoms with Crippen LogP contribution in [0.2, 0.25) is 0 Å². The van der Waals surface area contributed by atoms with Crippen molar-refractivity contribution in [3.8, 4) is 0 Å². The molecule has 1 fully saturated rings. The van der Waals surface area contributed by atoms with E-state index in [0.29, 0.717) is 11.8 Å². The number of halogens is 3. The van der Waals surface area contributed by atoms with E-state index in [1.807, 2.05) is 5.32 Å². The summed E-state index contributed by atoms with van der Waals surface area (Å²) < 4.78 is 35.7. The molecule has 84 valence electrons. The van der Waals surface area contributed by atoms with Gasteiger partial charge in [0, 0.05) is 6.54 Å². The van der Waals surface area contributed by atoms with E-state index in [1.165, 1.54) is 0 Å². The number of fused-ring (bicyclic) bond motifs is 2. The van der Waals surface area contributed by atoms with Crippen molar-refractivity contribution in [2.75, 3.05) is 6.54 Å². The summed E-state index contributed by atoms with van der Waals surface area (Å²) in [5.41, 5.74) is 0. The van der Waals surface area contributed by atoms with Crippen LogP contribution >= 0.6 is 0 Å². The first-order chi connectivity index (χ1) is 6.97. The summed E-state index contributed by atoms with van der Waals surface area (Å²) in [5, 5.41) is 1.95. The number of carbonyl (C=O) groups is 1. The first-order valence-electron chi connectivity index (χ1n) is 5.00. The second-order valence-electron chi connectivity index (χ2n) is 4.25. The number of carbonyl (C=O) groups excluding carboxylic acids is 1. The Morgan fingerprint density at radius 1 is 1.33 bits per heavy atom. The van der Waals surface area contributed by atoms with E-state index in [1.54, 1.807) is 0 Å². The smallest absolute Gasteiger partial charge is 0.348 e. The van der Waals surface area contributed by atoms with Crippen molar-refractivity contribution >= 4 is 5.91 Å². The predicted molar refractivity (Wildman–Crippen MR) is 47.9 cm³/mol. The SMILES string of the molecule is O=C(NC[C@H]1C[C@H]2C=C[C@@H]1C2)C(F)(F)F. The summed E-state index contributed by atoms with van der Waals surface area (Å²) in [5.74, 6) is -0.758. The molecule has 1 saturated carbocycles. The number of hydrogen-bond acceptors (Lipinski definition) is 1. The molecule has 0 spiro atoms. The molecular weight excluding hydrogens is 207 g/mol. The number of amides is 1. The summed E-state index contributed by atoms with van der Waals surface area (Å²) in [6.07, 6.45) is 1.35. The van der Waals surface area contributed by atoms with Crippen molar-refractivity contribution < 1.29 is 18.0 Å². The maximum absolute atomic E-state index is 11.9. The van der Waals surface area contributed by atoms with Gasteiger partial charge in [-0.1, -0.05) is 12.2 Å². The van der Waals surface area contributed by atoms with Crippen LogP contribution in [0.4, 0.5) is 13.2 Å². The average molecular weight is 219 g/mol. The number of allylic oxidation sites excluding steroid dienone is 2. The van der Waals surface area contributed by atoms with Crippen molar-refractivity contribution in [3.05, 3.63) is 12.2 Å². The van der Waals surface area contributed by atoms with Crippen LogP contribution in [0.1, 0.15) is 12.8 Å². The van der Waals surface area contributed by atoms with Crippen LogP contribution in [0, 0.1) is 17.8 Å². The Morgan fingerprint density at radius 2 is 2.07 bits per heavy atom. The van der Waals surface area contributed by atoms with Crippen molar-refractivity contribution in [1.82, 2.24) is 5.32 Å². The van der Waals surface area contributed by atoms with Crippen LogP contribution in [0.15, 0.2) is 12.2 Å². The Kier molecular flexibility index (Phi) is 2.48. The zero-order chi connectivity index (χ0) is 11.1. The van der Waals surface area contributed by atoms with Crippen LogP contribution in [0.3, 0.4) is 0 Å². The van der Waals surface area contributed by atoms with E-state index in [0.717, 1.165) is 12.8 Å². The Morgan fingerprint density at radius 3 is 2.53 bits per heavy atom. The molecule has 3 atom stereocenters. The summed E-state index contributed by atoms with van der Waals surface area (Å²) in [6, 6.07) is 0. The summed E-state index contributed by atoms with van der Waals surface area (Å²) in [7, 11) is 0. The molecule has 1 amide bonds. The molecule has 2 aliphatic carbocycles. The fourth-order valence-corrected chi connectivity index (χ4v) is 2.45. The normalized spacial score (nSPS) is 33.4. The molecule has 2 bridgehead atoms. The molecule has 0 aliphatic heterocycles. The minimum atomic E-state index is -4.76. The van der Waals surface area contributed by atoms with Crippen molar-refractivity contribution in [1.29, 1.82) is 0 Å². The van der Waals surface area contributed by atoms with E-state index in [4.69, 9.17) is 0 Å². The van der Waals surface area contributed by atoms with E-state index in [2.05, 4.69) is 12.2 Å². The lowest BCUT2D eigenvalue weighted by molar-refractivity contribution is -0.173. The van der Waals surface area contributed by atoms with Gasteiger partial charge in [-0.15, -0.1) is 0 Å². The van der Waals surface area contributed by atoms with E-state index in [-0.39, 0.29) is 12.5 Å². The van der Waals surface area contributed by atoms with Crippen LogP contribution in [-0.2, 0) is 4.79 Å². The molecular formula is C10H12F3NO. The molecule has 1 N–H and O–H groups in total. The maximum atomic E-state index is 11.9. The monoisotopic (exact) mass is 219 g/mol. The zero-order valence-electron chi connectivity index (χ0n) is 8.05. The molecule has 2 aliphatic rings. The highest BCUT2D eigenvalue weighted by Gasteiger charge is 2.40. The van der Waals surface area contributed by atoms with E-state index >= 15 is 0 Å². The largest absolute Gasteiger partial charge is 0.471 e. The van der Waals surface area contributed by atoms with E-state index in [9.17, 15) is 18.0 Å². The highest BCUT2D eigenvalue weighted by atomic mass is 19.4. The van der Waals surface area contributed by atoms with Gasteiger partial charge in [0.2, 0.25) is 0 Å². The van der Waals surface area contributed by atoms with E-state index < -0.39 is 12.1 Å². The number of hydrogen-bond donors (Lipinski definition) is 1. The molecule has 15 heavy (non-hydrogen) atoms. The second kappa shape index (κ2) is 3.54. The minimum Gasteiger partial charge on any atom is -0.348 e. The molecule has 0 aromatic rings. The molecule has 5 heteroatoms. The van der Waals surface area contributed by atoms with Gasteiger partial charge in [-0.05, 0) is 30.6 Å². The molecule has 0 unspecified atom stereocenters. The maximum Gasteiger partial charge on any atom is 0.471 e. The quantitative estimate of drug-likeness (QED) is 0.706. The number of rotatable bonds is 2. The fraction of sp³-hybridized carbons (Fsp3) is 0.700. The Labute approximate surface area is 85.5 Å². The lowest BCUT2D eigenvalue weighted by Gasteiger charge is -2.18. The molecule has 2 rings (SSSR count). The van der Waals surface area contributed by atoms with Gasteiger partial charge in [-0.3, -0.25) is 4.79 Å². The Bertz CT molecular complexity index is 298. The van der Waals surface area contributed by atoms with Gasteiger partial charge in [0.05, 0.1) is 0 Å². The highest BCUT2D eigenvalue weighted by Crippen LogP contribution is 2.42. The molecule has 0 aromatic carbocycles. The molecule has 0 radical (unpaired) electrons. The molecule has 0 heterocycles. The highest BCUT2D eigenvalue weighted by molar-refractivity contribution is 5.81. The van der Waals surface area contributed by atoms with Crippen LogP contribution in [0.25, 0.3) is 0 Å². The predicted octanol–water partition coefficient (Wildman–Crippen LogP) is 1.88. The van der Waals surface area contributed by atoms with Crippen LogP contribution in [-0.4, -0.2) is 18.6 Å². The Hall–Kier alpha value is -1.00. The van der Waals surface area contributed by atoms with Gasteiger partial charge in [0.25, 0.3) is 0 Å². The van der Waals surface area contributed by atoms with Gasteiger partial charge in [-0.2, -0.15) is 13.2 Å². The van der Waals surface area contributed by atoms with Gasteiger partial charge in [0.15, 0.2) is 0 Å². The lowest BCUT2D eigenvalue weighted by Crippen LogP contribution is -2.40. The zero-order valence-corrected chi connectivity index (χ0v) is 8.05. The van der Waals surface area contributed by atoms with Crippen LogP contribution < -0.4 is 5.32 Å². The molecule has 2 nitrogen and oxygen atoms in total. The van der Waals surface area contributed by atoms with Gasteiger partial charge in [-0.25, -0.2) is 0 Å². The first-order valence-corrected chi connectivity index (χ1v) is 5.00. The van der Waals surface area contributed by atoms with Crippen molar-refractivity contribution in [3.63, 3.8) is 0 Å². The third kappa shape index (κ3) is 2.16. The second-order valence-corrected chi connectivity index (χ2v) is 4.25. The standard InChI is InChI=1S/C10H12F3NO/c11-10(12,13)9(15)14-5-8-4-6-1-2-7(8)3-6/h1-2,6-8H,3-5H2,(H,14,15)/t6-,7+,8+/m0/s1.